The maximum absolute atomic E-state index is 13.2. The molecule has 3 rings (SSSR count). The lowest BCUT2D eigenvalue weighted by atomic mass is 9.89. The van der Waals surface area contributed by atoms with E-state index >= 15 is 0 Å². The van der Waals surface area contributed by atoms with Crippen molar-refractivity contribution < 1.29 is 23.7 Å². The molecule has 0 aromatic heterocycles. The van der Waals surface area contributed by atoms with E-state index in [1.807, 2.05) is 4.90 Å². The van der Waals surface area contributed by atoms with Crippen LogP contribution in [0.25, 0.3) is 0 Å². The largest absolute Gasteiger partial charge is 0.496 e. The normalized spacial score (nSPS) is 20.1. The molecular formula is C19H28N2O5. The number of piperidine rings is 1. The van der Waals surface area contributed by atoms with Crippen LogP contribution >= 0.6 is 0 Å². The van der Waals surface area contributed by atoms with E-state index in [9.17, 15) is 4.79 Å². The molecule has 26 heavy (non-hydrogen) atoms. The molecule has 1 spiro atoms. The van der Waals surface area contributed by atoms with Crippen molar-refractivity contribution in [3.63, 3.8) is 0 Å². The van der Waals surface area contributed by atoms with E-state index in [0.29, 0.717) is 42.5 Å². The zero-order chi connectivity index (χ0) is 18.7. The Morgan fingerprint density at radius 3 is 2.23 bits per heavy atom. The van der Waals surface area contributed by atoms with Crippen LogP contribution in [-0.2, 0) is 4.74 Å². The quantitative estimate of drug-likeness (QED) is 0.810. The summed E-state index contributed by atoms with van der Waals surface area (Å²) in [5.41, 5.74) is 0.250. The number of hydrogen-bond acceptors (Lipinski definition) is 6. The lowest BCUT2D eigenvalue weighted by molar-refractivity contribution is -0.125. The van der Waals surface area contributed by atoms with E-state index in [2.05, 4.69) is 11.9 Å². The highest BCUT2D eigenvalue weighted by Crippen LogP contribution is 2.36. The highest BCUT2D eigenvalue weighted by molar-refractivity contribution is 5.98. The van der Waals surface area contributed by atoms with Gasteiger partial charge in [-0.05, 0) is 19.9 Å². The third kappa shape index (κ3) is 3.59. The third-order valence-corrected chi connectivity index (χ3v) is 5.37. The molecule has 0 saturated carbocycles. The predicted octanol–water partition coefficient (Wildman–Crippen LogP) is 1.65. The molecule has 0 aliphatic carbocycles. The van der Waals surface area contributed by atoms with Crippen LogP contribution in [0, 0.1) is 0 Å². The van der Waals surface area contributed by atoms with Crippen LogP contribution < -0.4 is 14.2 Å². The van der Waals surface area contributed by atoms with Gasteiger partial charge in [-0.3, -0.25) is 4.79 Å². The molecule has 2 saturated heterocycles. The SMILES string of the molecule is COc1cc(OC)c(C(=O)N2CCOC3(CCN(C)CC3)C2)cc1OC. The number of methoxy groups -OCH3 is 3. The van der Waals surface area contributed by atoms with Gasteiger partial charge in [0.25, 0.3) is 5.91 Å². The Morgan fingerprint density at radius 1 is 1.00 bits per heavy atom. The number of nitrogens with zero attached hydrogens (tertiary/aromatic N) is 2. The number of likely N-dealkylation sites (tertiary alicyclic amines) is 1. The molecular weight excluding hydrogens is 336 g/mol. The maximum atomic E-state index is 13.2. The summed E-state index contributed by atoms with van der Waals surface area (Å²) in [5.74, 6) is 1.47. The van der Waals surface area contributed by atoms with Gasteiger partial charge in [-0.1, -0.05) is 0 Å². The Labute approximate surface area is 154 Å². The van der Waals surface area contributed by atoms with Gasteiger partial charge in [0.1, 0.15) is 5.75 Å². The Kier molecular flexibility index (Phi) is 5.58. The molecule has 144 valence electrons. The van der Waals surface area contributed by atoms with Crippen molar-refractivity contribution in [3.8, 4) is 17.2 Å². The molecule has 0 atom stereocenters. The minimum absolute atomic E-state index is 0.0654. The fourth-order valence-corrected chi connectivity index (χ4v) is 3.71. The number of ether oxygens (including phenoxy) is 4. The van der Waals surface area contributed by atoms with Gasteiger partial charge in [-0.25, -0.2) is 0 Å². The smallest absolute Gasteiger partial charge is 0.257 e. The van der Waals surface area contributed by atoms with Crippen LogP contribution in [0.15, 0.2) is 12.1 Å². The van der Waals surface area contributed by atoms with Crippen LogP contribution in [-0.4, -0.2) is 82.5 Å². The number of amides is 1. The Bertz CT molecular complexity index is 656. The van der Waals surface area contributed by atoms with Crippen molar-refractivity contribution in [2.45, 2.75) is 18.4 Å². The van der Waals surface area contributed by atoms with Crippen molar-refractivity contribution in [2.24, 2.45) is 0 Å². The zero-order valence-electron chi connectivity index (χ0n) is 16.0. The fourth-order valence-electron chi connectivity index (χ4n) is 3.71. The van der Waals surface area contributed by atoms with E-state index in [4.69, 9.17) is 18.9 Å². The van der Waals surface area contributed by atoms with Gasteiger partial charge in [0.2, 0.25) is 0 Å². The van der Waals surface area contributed by atoms with Gasteiger partial charge < -0.3 is 28.7 Å². The lowest BCUT2D eigenvalue weighted by Gasteiger charge is -2.46. The summed E-state index contributed by atoms with van der Waals surface area (Å²) < 4.78 is 22.2. The summed E-state index contributed by atoms with van der Waals surface area (Å²) in [6, 6.07) is 3.38. The second-order valence-corrected chi connectivity index (χ2v) is 6.97. The van der Waals surface area contributed by atoms with Gasteiger partial charge in [0.05, 0.1) is 45.6 Å². The maximum Gasteiger partial charge on any atom is 0.257 e. The minimum Gasteiger partial charge on any atom is -0.496 e. The number of rotatable bonds is 4. The van der Waals surface area contributed by atoms with E-state index in [1.165, 1.54) is 0 Å². The molecule has 0 unspecified atom stereocenters. The fraction of sp³-hybridized carbons (Fsp3) is 0.632. The summed E-state index contributed by atoms with van der Waals surface area (Å²) in [7, 11) is 6.79. The zero-order valence-corrected chi connectivity index (χ0v) is 16.0. The standard InChI is InChI=1S/C19H28N2O5/c1-20-7-5-19(6-8-20)13-21(9-10-26-19)18(22)14-11-16(24-3)17(25-4)12-15(14)23-2/h11-12H,5-10,13H2,1-4H3. The molecule has 0 radical (unpaired) electrons. The van der Waals surface area contributed by atoms with Crippen LogP contribution in [0.2, 0.25) is 0 Å². The van der Waals surface area contributed by atoms with Crippen molar-refractivity contribution in [1.82, 2.24) is 9.80 Å². The van der Waals surface area contributed by atoms with Gasteiger partial charge >= 0.3 is 0 Å². The van der Waals surface area contributed by atoms with E-state index in [-0.39, 0.29) is 11.5 Å². The van der Waals surface area contributed by atoms with Crippen LogP contribution in [0.3, 0.4) is 0 Å². The first-order chi connectivity index (χ1) is 12.5. The van der Waals surface area contributed by atoms with Gasteiger partial charge in [-0.15, -0.1) is 0 Å². The monoisotopic (exact) mass is 364 g/mol. The molecule has 2 fully saturated rings. The van der Waals surface area contributed by atoms with Crippen molar-refractivity contribution >= 4 is 5.91 Å². The number of morpholine rings is 1. The lowest BCUT2D eigenvalue weighted by Crippen LogP contribution is -2.57. The Balaban J connectivity index is 1.84. The number of carbonyl (C=O) groups excluding carboxylic acids is 1. The Morgan fingerprint density at radius 2 is 1.62 bits per heavy atom. The molecule has 2 aliphatic heterocycles. The summed E-state index contributed by atoms with van der Waals surface area (Å²) in [4.78, 5) is 17.4. The number of benzene rings is 1. The molecule has 1 aromatic rings. The van der Waals surface area contributed by atoms with Gasteiger partial charge in [0.15, 0.2) is 11.5 Å². The summed E-state index contributed by atoms with van der Waals surface area (Å²) in [6.45, 7) is 3.72. The Hall–Kier alpha value is -1.99. The second-order valence-electron chi connectivity index (χ2n) is 6.97. The first-order valence-electron chi connectivity index (χ1n) is 8.94. The van der Waals surface area contributed by atoms with Gasteiger partial charge in [-0.2, -0.15) is 0 Å². The van der Waals surface area contributed by atoms with E-state index in [0.717, 1.165) is 25.9 Å². The first-order valence-corrected chi connectivity index (χ1v) is 8.94. The molecule has 7 nitrogen and oxygen atoms in total. The van der Waals surface area contributed by atoms with Crippen molar-refractivity contribution in [1.29, 1.82) is 0 Å². The highest BCUT2D eigenvalue weighted by Gasteiger charge is 2.41. The van der Waals surface area contributed by atoms with Crippen LogP contribution in [0.1, 0.15) is 23.2 Å². The molecule has 0 bridgehead atoms. The van der Waals surface area contributed by atoms with Crippen molar-refractivity contribution in [3.05, 3.63) is 17.7 Å². The van der Waals surface area contributed by atoms with Gasteiger partial charge in [0, 0.05) is 31.8 Å². The predicted molar refractivity (Wildman–Crippen MR) is 97.4 cm³/mol. The first kappa shape index (κ1) is 18.8. The summed E-state index contributed by atoms with van der Waals surface area (Å²) >= 11 is 0. The average molecular weight is 364 g/mol. The number of carbonyl (C=O) groups is 1. The van der Waals surface area contributed by atoms with Crippen LogP contribution in [0.5, 0.6) is 17.2 Å². The van der Waals surface area contributed by atoms with E-state index in [1.54, 1.807) is 33.5 Å². The number of hydrogen-bond donors (Lipinski definition) is 0. The second kappa shape index (κ2) is 7.72. The highest BCUT2D eigenvalue weighted by atomic mass is 16.5. The molecule has 1 aromatic carbocycles. The molecule has 2 heterocycles. The van der Waals surface area contributed by atoms with E-state index < -0.39 is 0 Å². The average Bonchev–Trinajstić information content (AvgIpc) is 2.69. The molecule has 2 aliphatic rings. The molecule has 7 heteroatoms. The van der Waals surface area contributed by atoms with Crippen LogP contribution in [0.4, 0.5) is 0 Å². The summed E-state index contributed by atoms with van der Waals surface area (Å²) in [5, 5.41) is 0. The topological polar surface area (TPSA) is 60.5 Å². The van der Waals surface area contributed by atoms with Crippen molar-refractivity contribution in [2.75, 3.05) is 61.2 Å². The summed E-state index contributed by atoms with van der Waals surface area (Å²) in [6.07, 6.45) is 1.88. The molecule has 1 amide bonds. The third-order valence-electron chi connectivity index (χ3n) is 5.37. The molecule has 0 N–H and O–H groups in total. The minimum atomic E-state index is -0.232.